The number of nitrogens with zero attached hydrogens (tertiary/aromatic N) is 1. The quantitative estimate of drug-likeness (QED) is 0.773. The minimum absolute atomic E-state index is 0.259. The fourth-order valence-electron chi connectivity index (χ4n) is 1.39. The third-order valence-electron chi connectivity index (χ3n) is 2.44. The second-order valence-electron chi connectivity index (χ2n) is 3.97. The van der Waals surface area contributed by atoms with Crippen molar-refractivity contribution in [3.63, 3.8) is 0 Å². The highest BCUT2D eigenvalue weighted by molar-refractivity contribution is 5.85. The number of carboxylic acids is 1. The van der Waals surface area contributed by atoms with Gasteiger partial charge in [0.25, 0.3) is 0 Å². The van der Waals surface area contributed by atoms with Gasteiger partial charge in [0.05, 0.1) is 0 Å². The summed E-state index contributed by atoms with van der Waals surface area (Å²) in [4.78, 5) is 12.6. The van der Waals surface area contributed by atoms with Gasteiger partial charge in [0.2, 0.25) is 0 Å². The minimum Gasteiger partial charge on any atom is -0.478 e. The molecule has 1 rings (SSSR count). The lowest BCUT2D eigenvalue weighted by molar-refractivity contribution is -0.132. The van der Waals surface area contributed by atoms with Crippen molar-refractivity contribution in [1.82, 2.24) is 0 Å². The van der Waals surface area contributed by atoms with E-state index < -0.39 is 5.97 Å². The standard InChI is InChI=1S/C13H17NO2/c1-10(13(15)16)7-8-11-5-4-6-12(9-11)14(2)3/h4-6,9H,1,7-8H2,2-3H3,(H,15,16). The molecule has 16 heavy (non-hydrogen) atoms. The van der Waals surface area contributed by atoms with Crippen molar-refractivity contribution < 1.29 is 9.90 Å². The van der Waals surface area contributed by atoms with Crippen LogP contribution < -0.4 is 4.90 Å². The highest BCUT2D eigenvalue weighted by Crippen LogP contribution is 2.15. The summed E-state index contributed by atoms with van der Waals surface area (Å²) in [7, 11) is 3.96. The van der Waals surface area contributed by atoms with Gasteiger partial charge in [0.15, 0.2) is 0 Å². The molecule has 3 nitrogen and oxygen atoms in total. The van der Waals surface area contributed by atoms with Crippen molar-refractivity contribution in [3.05, 3.63) is 42.0 Å². The predicted molar refractivity (Wildman–Crippen MR) is 65.9 cm³/mol. The van der Waals surface area contributed by atoms with Crippen molar-refractivity contribution in [1.29, 1.82) is 0 Å². The summed E-state index contributed by atoms with van der Waals surface area (Å²) in [5.41, 5.74) is 2.52. The molecule has 1 N–H and O–H groups in total. The van der Waals surface area contributed by atoms with Crippen LogP contribution in [0, 0.1) is 0 Å². The molecular weight excluding hydrogens is 202 g/mol. The molecule has 0 fully saturated rings. The van der Waals surface area contributed by atoms with Crippen LogP contribution in [0.4, 0.5) is 5.69 Å². The van der Waals surface area contributed by atoms with Crippen molar-refractivity contribution >= 4 is 11.7 Å². The van der Waals surface area contributed by atoms with Gasteiger partial charge in [0, 0.05) is 25.4 Å². The number of hydrogen-bond donors (Lipinski definition) is 1. The molecule has 0 unspecified atom stereocenters. The normalized spacial score (nSPS) is 9.88. The molecule has 0 saturated heterocycles. The number of rotatable bonds is 5. The Morgan fingerprint density at radius 3 is 2.69 bits per heavy atom. The van der Waals surface area contributed by atoms with E-state index in [-0.39, 0.29) is 5.57 Å². The molecule has 0 aromatic heterocycles. The molecule has 1 aromatic carbocycles. The molecule has 0 spiro atoms. The number of anilines is 1. The van der Waals surface area contributed by atoms with Crippen LogP contribution in [0.1, 0.15) is 12.0 Å². The molecule has 0 heterocycles. The van der Waals surface area contributed by atoms with Crippen LogP contribution in [-0.4, -0.2) is 25.2 Å². The van der Waals surface area contributed by atoms with Gasteiger partial charge >= 0.3 is 5.97 Å². The topological polar surface area (TPSA) is 40.5 Å². The number of benzene rings is 1. The van der Waals surface area contributed by atoms with E-state index in [0.717, 1.165) is 11.3 Å². The highest BCUT2D eigenvalue weighted by atomic mass is 16.4. The average Bonchev–Trinajstić information content (AvgIpc) is 2.26. The first-order valence-electron chi connectivity index (χ1n) is 5.18. The molecule has 3 heteroatoms. The predicted octanol–water partition coefficient (Wildman–Crippen LogP) is 2.33. The summed E-state index contributed by atoms with van der Waals surface area (Å²) >= 11 is 0. The molecule has 0 aliphatic rings. The maximum Gasteiger partial charge on any atom is 0.330 e. The van der Waals surface area contributed by atoms with E-state index in [4.69, 9.17) is 5.11 Å². The van der Waals surface area contributed by atoms with Crippen molar-refractivity contribution in [3.8, 4) is 0 Å². The molecule has 0 amide bonds. The van der Waals surface area contributed by atoms with Crippen LogP contribution in [0.2, 0.25) is 0 Å². The maximum absolute atomic E-state index is 10.6. The Labute approximate surface area is 96.0 Å². The van der Waals surface area contributed by atoms with Gasteiger partial charge in [-0.05, 0) is 30.5 Å². The summed E-state index contributed by atoms with van der Waals surface area (Å²) in [5.74, 6) is -0.913. The number of carbonyl (C=O) groups is 1. The largest absolute Gasteiger partial charge is 0.478 e. The zero-order valence-electron chi connectivity index (χ0n) is 9.73. The minimum atomic E-state index is -0.913. The molecule has 0 atom stereocenters. The first kappa shape index (κ1) is 12.3. The lowest BCUT2D eigenvalue weighted by atomic mass is 10.1. The van der Waals surface area contributed by atoms with Crippen LogP contribution in [0.15, 0.2) is 36.4 Å². The smallest absolute Gasteiger partial charge is 0.330 e. The van der Waals surface area contributed by atoms with Gasteiger partial charge < -0.3 is 10.0 Å². The summed E-state index contributed by atoms with van der Waals surface area (Å²) in [5, 5.41) is 8.70. The fraction of sp³-hybridized carbons (Fsp3) is 0.308. The Morgan fingerprint density at radius 1 is 1.44 bits per heavy atom. The second-order valence-corrected chi connectivity index (χ2v) is 3.97. The molecule has 0 saturated carbocycles. The molecule has 1 aromatic rings. The first-order chi connectivity index (χ1) is 7.50. The van der Waals surface area contributed by atoms with Crippen molar-refractivity contribution in [2.75, 3.05) is 19.0 Å². The summed E-state index contributed by atoms with van der Waals surface area (Å²) in [6.45, 7) is 3.52. The van der Waals surface area contributed by atoms with Crippen LogP contribution in [-0.2, 0) is 11.2 Å². The van der Waals surface area contributed by atoms with Gasteiger partial charge in [-0.1, -0.05) is 18.7 Å². The Morgan fingerprint density at radius 2 is 2.12 bits per heavy atom. The number of aryl methyl sites for hydroxylation is 1. The third-order valence-corrected chi connectivity index (χ3v) is 2.44. The Hall–Kier alpha value is -1.77. The lowest BCUT2D eigenvalue weighted by Crippen LogP contribution is -2.08. The van der Waals surface area contributed by atoms with Gasteiger partial charge in [-0.2, -0.15) is 0 Å². The van der Waals surface area contributed by atoms with Crippen LogP contribution >= 0.6 is 0 Å². The van der Waals surface area contributed by atoms with Gasteiger partial charge in [0.1, 0.15) is 0 Å². The molecule has 0 aliphatic carbocycles. The van der Waals surface area contributed by atoms with Gasteiger partial charge in [-0.25, -0.2) is 4.79 Å². The van der Waals surface area contributed by atoms with Crippen LogP contribution in [0.3, 0.4) is 0 Å². The summed E-state index contributed by atoms with van der Waals surface area (Å²) in [6, 6.07) is 8.07. The van der Waals surface area contributed by atoms with E-state index in [0.29, 0.717) is 12.8 Å². The second kappa shape index (κ2) is 5.35. The van der Waals surface area contributed by atoms with E-state index in [1.54, 1.807) is 0 Å². The third kappa shape index (κ3) is 3.42. The van der Waals surface area contributed by atoms with E-state index in [2.05, 4.69) is 12.6 Å². The van der Waals surface area contributed by atoms with E-state index in [1.165, 1.54) is 0 Å². The molecule has 86 valence electrons. The Kier molecular flexibility index (Phi) is 4.11. The first-order valence-corrected chi connectivity index (χ1v) is 5.18. The summed E-state index contributed by atoms with van der Waals surface area (Å²) < 4.78 is 0. The monoisotopic (exact) mass is 219 g/mol. The van der Waals surface area contributed by atoms with Crippen molar-refractivity contribution in [2.45, 2.75) is 12.8 Å². The van der Waals surface area contributed by atoms with Gasteiger partial charge in [-0.3, -0.25) is 0 Å². The van der Waals surface area contributed by atoms with Crippen molar-refractivity contribution in [2.24, 2.45) is 0 Å². The van der Waals surface area contributed by atoms with E-state index >= 15 is 0 Å². The van der Waals surface area contributed by atoms with E-state index in [1.807, 2.05) is 37.2 Å². The maximum atomic E-state index is 10.6. The highest BCUT2D eigenvalue weighted by Gasteiger charge is 2.04. The lowest BCUT2D eigenvalue weighted by Gasteiger charge is -2.13. The molecular formula is C13H17NO2. The average molecular weight is 219 g/mol. The molecule has 0 radical (unpaired) electrons. The zero-order valence-corrected chi connectivity index (χ0v) is 9.73. The SMILES string of the molecule is C=C(CCc1cccc(N(C)C)c1)C(=O)O. The molecule has 0 bridgehead atoms. The number of hydrogen-bond acceptors (Lipinski definition) is 2. The molecule has 0 aliphatic heterocycles. The van der Waals surface area contributed by atoms with Gasteiger partial charge in [-0.15, -0.1) is 0 Å². The number of aliphatic carboxylic acids is 1. The Balaban J connectivity index is 2.64. The van der Waals surface area contributed by atoms with E-state index in [9.17, 15) is 4.79 Å². The fourth-order valence-corrected chi connectivity index (χ4v) is 1.39. The summed E-state index contributed by atoms with van der Waals surface area (Å²) in [6.07, 6.45) is 1.21. The number of carboxylic acid groups (broad SMARTS) is 1. The van der Waals surface area contributed by atoms with Crippen LogP contribution in [0.25, 0.3) is 0 Å². The Bertz CT molecular complexity index is 397. The van der Waals surface area contributed by atoms with Crippen LogP contribution in [0.5, 0.6) is 0 Å². The zero-order chi connectivity index (χ0) is 12.1.